The van der Waals surface area contributed by atoms with E-state index in [1.807, 2.05) is 51.1 Å². The zero-order valence-corrected chi connectivity index (χ0v) is 15.8. The third-order valence-electron chi connectivity index (χ3n) is 4.09. The second-order valence-electron chi connectivity index (χ2n) is 6.08. The lowest BCUT2D eigenvalue weighted by molar-refractivity contribution is 0.252. The van der Waals surface area contributed by atoms with Crippen LogP contribution < -0.4 is 10.3 Å². The molecule has 0 N–H and O–H groups in total. The van der Waals surface area contributed by atoms with Crippen molar-refractivity contribution in [3.8, 4) is 5.75 Å². The van der Waals surface area contributed by atoms with Gasteiger partial charge < -0.3 is 4.74 Å². The molecule has 7 heteroatoms. The number of pyridine rings is 1. The highest BCUT2D eigenvalue weighted by molar-refractivity contribution is 7.14. The number of carbonyl (C=O) groups excluding carboxylic acids is 1. The molecule has 6 nitrogen and oxygen atoms in total. The zero-order chi connectivity index (χ0) is 18.8. The molecule has 0 aliphatic rings. The fraction of sp³-hybridized carbons (Fsp3) is 0.263. The summed E-state index contributed by atoms with van der Waals surface area (Å²) in [5.74, 6) is 0.646. The minimum absolute atomic E-state index is 0.0961. The molecular weight excluding hydrogens is 350 g/mol. The molecule has 1 unspecified atom stereocenters. The second-order valence-corrected chi connectivity index (χ2v) is 7.01. The number of ether oxygens (including phenoxy) is 1. The van der Waals surface area contributed by atoms with Gasteiger partial charge in [0, 0.05) is 17.8 Å². The van der Waals surface area contributed by atoms with Gasteiger partial charge in [-0.15, -0.1) is 0 Å². The lowest BCUT2D eigenvalue weighted by Gasteiger charge is -2.07. The van der Waals surface area contributed by atoms with Gasteiger partial charge >= 0.3 is 6.03 Å². The normalized spacial score (nSPS) is 12.6. The molecule has 2 heterocycles. The van der Waals surface area contributed by atoms with Crippen LogP contribution in [-0.2, 0) is 0 Å². The number of hydrogen-bond donors (Lipinski definition) is 0. The number of aromatic nitrogens is 2. The van der Waals surface area contributed by atoms with Crippen molar-refractivity contribution in [1.82, 2.24) is 8.94 Å². The van der Waals surface area contributed by atoms with Crippen LogP contribution in [0, 0.1) is 13.8 Å². The molecule has 1 amide bonds. The quantitative estimate of drug-likeness (QED) is 0.656. The van der Waals surface area contributed by atoms with Crippen LogP contribution in [-0.4, -0.2) is 28.3 Å². The molecule has 0 saturated carbocycles. The van der Waals surface area contributed by atoms with E-state index >= 15 is 0 Å². The van der Waals surface area contributed by atoms with E-state index in [9.17, 15) is 9.59 Å². The number of nitrogens with zero attached hydrogens (tertiary/aromatic N) is 3. The first-order chi connectivity index (χ1) is 12.4. The lowest BCUT2D eigenvalue weighted by Crippen LogP contribution is -2.19. The SMILES string of the molecule is COc1cccc(C(C)C=NC(=O)n2sc3nc(C)cc(C)c3c2=O)c1. The Bertz CT molecular complexity index is 1070. The first-order valence-electron chi connectivity index (χ1n) is 8.13. The first kappa shape index (κ1) is 18.0. The van der Waals surface area contributed by atoms with Gasteiger partial charge in [0.15, 0.2) is 0 Å². The molecule has 1 aromatic carbocycles. The summed E-state index contributed by atoms with van der Waals surface area (Å²) in [7, 11) is 1.60. The molecule has 2 aromatic heterocycles. The number of aryl methyl sites for hydroxylation is 2. The van der Waals surface area contributed by atoms with Crippen LogP contribution in [0.1, 0.15) is 29.7 Å². The van der Waals surface area contributed by atoms with E-state index in [4.69, 9.17) is 4.74 Å². The van der Waals surface area contributed by atoms with E-state index in [1.165, 1.54) is 0 Å². The van der Waals surface area contributed by atoms with Crippen LogP contribution in [0.3, 0.4) is 0 Å². The van der Waals surface area contributed by atoms with E-state index < -0.39 is 6.03 Å². The first-order valence-corrected chi connectivity index (χ1v) is 8.91. The van der Waals surface area contributed by atoms with E-state index in [0.29, 0.717) is 10.2 Å². The van der Waals surface area contributed by atoms with Gasteiger partial charge in [0.2, 0.25) is 0 Å². The van der Waals surface area contributed by atoms with Gasteiger partial charge in [0.25, 0.3) is 5.56 Å². The molecule has 0 aliphatic carbocycles. The molecule has 3 rings (SSSR count). The van der Waals surface area contributed by atoms with Crippen molar-refractivity contribution in [3.63, 3.8) is 0 Å². The average molecular weight is 369 g/mol. The molecule has 0 bridgehead atoms. The molecule has 0 radical (unpaired) electrons. The maximum Gasteiger partial charge on any atom is 0.364 e. The number of benzene rings is 1. The van der Waals surface area contributed by atoms with Crippen molar-refractivity contribution in [3.05, 3.63) is 57.5 Å². The van der Waals surface area contributed by atoms with E-state index in [0.717, 1.165) is 38.1 Å². The largest absolute Gasteiger partial charge is 0.497 e. The third kappa shape index (κ3) is 3.43. The Morgan fingerprint density at radius 2 is 2.12 bits per heavy atom. The van der Waals surface area contributed by atoms with Crippen LogP contribution >= 0.6 is 11.5 Å². The fourth-order valence-electron chi connectivity index (χ4n) is 2.72. The van der Waals surface area contributed by atoms with Crippen molar-refractivity contribution in [1.29, 1.82) is 0 Å². The zero-order valence-electron chi connectivity index (χ0n) is 15.0. The molecule has 26 heavy (non-hydrogen) atoms. The van der Waals surface area contributed by atoms with Crippen molar-refractivity contribution >= 4 is 34.0 Å². The van der Waals surface area contributed by atoms with Crippen molar-refractivity contribution in [2.24, 2.45) is 4.99 Å². The second kappa shape index (κ2) is 7.21. The highest BCUT2D eigenvalue weighted by Crippen LogP contribution is 2.21. The van der Waals surface area contributed by atoms with Gasteiger partial charge in [-0.3, -0.25) is 4.79 Å². The summed E-state index contributed by atoms with van der Waals surface area (Å²) in [4.78, 5) is 33.8. The monoisotopic (exact) mass is 369 g/mol. The molecule has 0 spiro atoms. The van der Waals surface area contributed by atoms with Crippen molar-refractivity contribution < 1.29 is 9.53 Å². The maximum atomic E-state index is 12.5. The molecule has 3 aromatic rings. The van der Waals surface area contributed by atoms with E-state index in [1.54, 1.807) is 13.3 Å². The molecular formula is C19H19N3O3S. The molecule has 0 aliphatic heterocycles. The van der Waals surface area contributed by atoms with Gasteiger partial charge in [0.1, 0.15) is 10.6 Å². The fourth-order valence-corrected chi connectivity index (χ4v) is 3.72. The highest BCUT2D eigenvalue weighted by atomic mass is 32.1. The smallest absolute Gasteiger partial charge is 0.364 e. The average Bonchev–Trinajstić information content (AvgIpc) is 2.96. The van der Waals surface area contributed by atoms with Crippen LogP contribution in [0.15, 0.2) is 40.1 Å². The number of methoxy groups -OCH3 is 1. The number of hydrogen-bond acceptors (Lipinski definition) is 5. The number of fused-ring (bicyclic) bond motifs is 1. The van der Waals surface area contributed by atoms with Gasteiger partial charge in [-0.1, -0.05) is 19.1 Å². The Morgan fingerprint density at radius 1 is 1.35 bits per heavy atom. The predicted octanol–water partition coefficient (Wildman–Crippen LogP) is 3.93. The number of aliphatic imine (C=N–C) groups is 1. The van der Waals surface area contributed by atoms with E-state index in [2.05, 4.69) is 9.98 Å². The Labute approximate surface area is 154 Å². The van der Waals surface area contributed by atoms with Crippen LogP contribution in [0.25, 0.3) is 10.2 Å². The van der Waals surface area contributed by atoms with Gasteiger partial charge in [-0.25, -0.2) is 14.8 Å². The summed E-state index contributed by atoms with van der Waals surface area (Å²) in [5, 5.41) is 0.477. The van der Waals surface area contributed by atoms with Crippen LogP contribution in [0.5, 0.6) is 5.75 Å². The summed E-state index contributed by atoms with van der Waals surface area (Å²) in [5.41, 5.74) is 2.23. The Kier molecular flexibility index (Phi) is 4.99. The Balaban J connectivity index is 1.89. The predicted molar refractivity (Wildman–Crippen MR) is 104 cm³/mol. The summed E-state index contributed by atoms with van der Waals surface area (Å²) >= 11 is 1.02. The van der Waals surface area contributed by atoms with Crippen molar-refractivity contribution in [2.75, 3.05) is 7.11 Å². The standard InChI is InChI=1S/C19H19N3O3S/c1-11-8-13(3)21-17-16(11)18(23)22(26-17)19(24)20-10-12(2)14-6-5-7-15(9-14)25-4/h5-10,12H,1-4H3. The van der Waals surface area contributed by atoms with E-state index in [-0.39, 0.29) is 11.5 Å². The summed E-state index contributed by atoms with van der Waals surface area (Å²) < 4.78 is 6.26. The van der Waals surface area contributed by atoms with Crippen LogP contribution in [0.4, 0.5) is 4.79 Å². The van der Waals surface area contributed by atoms with Gasteiger partial charge in [-0.2, -0.15) is 3.96 Å². The topological polar surface area (TPSA) is 73.5 Å². The highest BCUT2D eigenvalue weighted by Gasteiger charge is 2.16. The Hall–Kier alpha value is -2.80. The molecule has 0 saturated heterocycles. The van der Waals surface area contributed by atoms with Gasteiger partial charge in [-0.05, 0) is 54.7 Å². The number of carbonyl (C=O) groups is 1. The lowest BCUT2D eigenvalue weighted by atomic mass is 10.0. The molecule has 0 fully saturated rings. The number of rotatable bonds is 3. The summed E-state index contributed by atoms with van der Waals surface area (Å²) in [6, 6.07) is 8.79. The minimum Gasteiger partial charge on any atom is -0.497 e. The third-order valence-corrected chi connectivity index (χ3v) is 5.06. The summed E-state index contributed by atoms with van der Waals surface area (Å²) in [6.45, 7) is 5.62. The molecule has 1 atom stereocenters. The van der Waals surface area contributed by atoms with Crippen LogP contribution in [0.2, 0.25) is 0 Å². The van der Waals surface area contributed by atoms with Gasteiger partial charge in [0.05, 0.1) is 12.5 Å². The number of amides is 1. The molecule has 134 valence electrons. The van der Waals surface area contributed by atoms with Crippen molar-refractivity contribution in [2.45, 2.75) is 26.7 Å². The maximum absolute atomic E-state index is 12.5. The minimum atomic E-state index is -0.607. The summed E-state index contributed by atoms with van der Waals surface area (Å²) in [6.07, 6.45) is 1.54. The Morgan fingerprint density at radius 3 is 2.85 bits per heavy atom.